The van der Waals surface area contributed by atoms with E-state index in [-0.39, 0.29) is 0 Å². The Bertz CT molecular complexity index is 909. The van der Waals surface area contributed by atoms with Crippen LogP contribution in [0.15, 0.2) is 54.7 Å². The van der Waals surface area contributed by atoms with Crippen molar-refractivity contribution in [1.29, 1.82) is 0 Å². The van der Waals surface area contributed by atoms with E-state index in [1.165, 1.54) is 0 Å². The molecule has 1 aliphatic rings. The van der Waals surface area contributed by atoms with E-state index >= 15 is 0 Å². The summed E-state index contributed by atoms with van der Waals surface area (Å²) in [4.78, 5) is 0. The second-order valence-corrected chi connectivity index (χ2v) is 6.73. The summed E-state index contributed by atoms with van der Waals surface area (Å²) in [6.07, 6.45) is 2.94. The Kier molecular flexibility index (Phi) is 5.77. The number of aromatic nitrogens is 2. The zero-order valence-electron chi connectivity index (χ0n) is 16.1. The number of fused-ring (bicyclic) bond motifs is 1. The lowest BCUT2D eigenvalue weighted by Crippen LogP contribution is -2.20. The van der Waals surface area contributed by atoms with Gasteiger partial charge in [0.25, 0.3) is 0 Å². The minimum absolute atomic E-state index is 0.615. The molecule has 0 unspecified atom stereocenters. The predicted molar refractivity (Wildman–Crippen MR) is 108 cm³/mol. The first-order valence-corrected chi connectivity index (χ1v) is 9.61. The molecule has 0 amide bonds. The number of aryl methyl sites for hydroxylation is 1. The normalized spacial score (nSPS) is 13.2. The molecule has 0 saturated heterocycles. The highest BCUT2D eigenvalue weighted by molar-refractivity contribution is 5.66. The van der Waals surface area contributed by atoms with Gasteiger partial charge in [0.2, 0.25) is 0 Å². The van der Waals surface area contributed by atoms with Gasteiger partial charge in [-0.1, -0.05) is 18.2 Å². The van der Waals surface area contributed by atoms with Gasteiger partial charge in [-0.3, -0.25) is 4.68 Å². The molecule has 2 heterocycles. The average Bonchev–Trinajstić information content (AvgIpc) is 2.94. The van der Waals surface area contributed by atoms with Gasteiger partial charge in [0.05, 0.1) is 18.9 Å². The summed E-state index contributed by atoms with van der Waals surface area (Å²) in [6, 6.07) is 15.9. The van der Waals surface area contributed by atoms with Gasteiger partial charge >= 0.3 is 0 Å². The molecule has 0 spiro atoms. The summed E-state index contributed by atoms with van der Waals surface area (Å²) in [5, 5.41) is 8.08. The summed E-state index contributed by atoms with van der Waals surface area (Å²) in [6.45, 7) is 3.45. The van der Waals surface area contributed by atoms with Crippen molar-refractivity contribution in [2.45, 2.75) is 13.0 Å². The fraction of sp³-hybridized carbons (Fsp3) is 0.318. The van der Waals surface area contributed by atoms with Crippen LogP contribution in [0.5, 0.6) is 17.2 Å². The van der Waals surface area contributed by atoms with Crippen LogP contribution in [0.4, 0.5) is 0 Å². The quantitative estimate of drug-likeness (QED) is 0.638. The highest BCUT2D eigenvalue weighted by atomic mass is 16.5. The summed E-state index contributed by atoms with van der Waals surface area (Å²) in [7, 11) is 1.94. The van der Waals surface area contributed by atoms with E-state index in [9.17, 15) is 0 Å². The SMILES string of the molecule is Cn1cc(CNCCOc2ccccc2)c(-c2ccc3c(c2)OCCCO3)n1. The van der Waals surface area contributed by atoms with E-state index in [0.717, 1.165) is 53.6 Å². The van der Waals surface area contributed by atoms with Crippen LogP contribution in [-0.2, 0) is 13.6 Å². The summed E-state index contributed by atoms with van der Waals surface area (Å²) in [5.41, 5.74) is 3.12. The maximum Gasteiger partial charge on any atom is 0.161 e. The van der Waals surface area contributed by atoms with E-state index in [0.29, 0.717) is 19.8 Å². The number of hydrogen-bond acceptors (Lipinski definition) is 5. The zero-order chi connectivity index (χ0) is 19.2. The first kappa shape index (κ1) is 18.4. The molecule has 0 radical (unpaired) electrons. The van der Waals surface area contributed by atoms with Crippen LogP contribution in [0, 0.1) is 0 Å². The Morgan fingerprint density at radius 2 is 1.89 bits per heavy atom. The lowest BCUT2D eigenvalue weighted by molar-refractivity contribution is 0.297. The van der Waals surface area contributed by atoms with E-state index in [1.54, 1.807) is 0 Å². The number of nitrogens with zero attached hydrogens (tertiary/aromatic N) is 2. The Hall–Kier alpha value is -2.99. The molecule has 1 aromatic heterocycles. The Morgan fingerprint density at radius 3 is 2.75 bits per heavy atom. The largest absolute Gasteiger partial charge is 0.492 e. The smallest absolute Gasteiger partial charge is 0.161 e. The number of nitrogens with one attached hydrogen (secondary N) is 1. The third kappa shape index (κ3) is 4.46. The molecule has 0 saturated carbocycles. The monoisotopic (exact) mass is 379 g/mol. The standard InChI is InChI=1S/C22H25N3O3/c1-25-16-18(15-23-10-13-26-19-6-3-2-4-7-19)22(24-25)17-8-9-20-21(14-17)28-12-5-11-27-20/h2-4,6-9,14,16,23H,5,10-13,15H2,1H3. The molecule has 4 rings (SSSR count). The van der Waals surface area contributed by atoms with Crippen molar-refractivity contribution < 1.29 is 14.2 Å². The maximum atomic E-state index is 5.82. The molecule has 3 aromatic rings. The summed E-state index contributed by atoms with van der Waals surface area (Å²) in [5.74, 6) is 2.48. The van der Waals surface area contributed by atoms with Gasteiger partial charge in [-0.05, 0) is 30.3 Å². The van der Waals surface area contributed by atoms with Crippen LogP contribution < -0.4 is 19.5 Å². The van der Waals surface area contributed by atoms with Crippen molar-refractivity contribution >= 4 is 0 Å². The van der Waals surface area contributed by atoms with E-state index in [4.69, 9.17) is 14.2 Å². The van der Waals surface area contributed by atoms with Gasteiger partial charge in [0, 0.05) is 43.9 Å². The van der Waals surface area contributed by atoms with Gasteiger partial charge in [0.15, 0.2) is 11.5 Å². The third-order valence-electron chi connectivity index (χ3n) is 4.53. The predicted octanol–water partition coefficient (Wildman–Crippen LogP) is 3.42. The first-order chi connectivity index (χ1) is 13.8. The van der Waals surface area contributed by atoms with Gasteiger partial charge in [-0.2, -0.15) is 5.10 Å². The molecule has 0 bridgehead atoms. The number of ether oxygens (including phenoxy) is 3. The molecule has 1 N–H and O–H groups in total. The number of para-hydroxylation sites is 1. The van der Waals surface area contributed by atoms with Crippen molar-refractivity contribution in [2.24, 2.45) is 7.05 Å². The third-order valence-corrected chi connectivity index (χ3v) is 4.53. The summed E-state index contributed by atoms with van der Waals surface area (Å²) < 4.78 is 19.1. The van der Waals surface area contributed by atoms with E-state index in [1.807, 2.05) is 66.5 Å². The molecule has 6 nitrogen and oxygen atoms in total. The Balaban J connectivity index is 1.39. The molecule has 0 fully saturated rings. The average molecular weight is 379 g/mol. The van der Waals surface area contributed by atoms with Gasteiger partial charge in [0.1, 0.15) is 12.4 Å². The number of benzene rings is 2. The molecule has 2 aromatic carbocycles. The Labute approximate surface area is 165 Å². The van der Waals surface area contributed by atoms with Crippen LogP contribution in [0.3, 0.4) is 0 Å². The molecule has 146 valence electrons. The fourth-order valence-corrected chi connectivity index (χ4v) is 3.20. The van der Waals surface area contributed by atoms with Crippen LogP contribution >= 0.6 is 0 Å². The number of rotatable bonds is 7. The molecular weight excluding hydrogens is 354 g/mol. The highest BCUT2D eigenvalue weighted by Crippen LogP contribution is 2.34. The van der Waals surface area contributed by atoms with Crippen LogP contribution in [0.25, 0.3) is 11.3 Å². The topological polar surface area (TPSA) is 57.5 Å². The second-order valence-electron chi connectivity index (χ2n) is 6.73. The molecule has 28 heavy (non-hydrogen) atoms. The van der Waals surface area contributed by atoms with Crippen molar-refractivity contribution in [3.05, 3.63) is 60.3 Å². The van der Waals surface area contributed by atoms with E-state index in [2.05, 4.69) is 10.4 Å². The van der Waals surface area contributed by atoms with Crippen molar-refractivity contribution in [3.8, 4) is 28.5 Å². The molecule has 6 heteroatoms. The van der Waals surface area contributed by atoms with Gasteiger partial charge in [-0.25, -0.2) is 0 Å². The maximum absolute atomic E-state index is 5.82. The molecular formula is C22H25N3O3. The second kappa shape index (κ2) is 8.80. The van der Waals surface area contributed by atoms with Crippen LogP contribution in [0.2, 0.25) is 0 Å². The van der Waals surface area contributed by atoms with Crippen molar-refractivity contribution in [3.63, 3.8) is 0 Å². The van der Waals surface area contributed by atoms with E-state index < -0.39 is 0 Å². The van der Waals surface area contributed by atoms with Crippen molar-refractivity contribution in [2.75, 3.05) is 26.4 Å². The van der Waals surface area contributed by atoms with Gasteiger partial charge in [-0.15, -0.1) is 0 Å². The first-order valence-electron chi connectivity index (χ1n) is 9.61. The minimum Gasteiger partial charge on any atom is -0.492 e. The molecule has 0 atom stereocenters. The van der Waals surface area contributed by atoms with Gasteiger partial charge < -0.3 is 19.5 Å². The minimum atomic E-state index is 0.615. The fourth-order valence-electron chi connectivity index (χ4n) is 3.20. The lowest BCUT2D eigenvalue weighted by Gasteiger charge is -2.10. The molecule has 0 aliphatic carbocycles. The zero-order valence-corrected chi connectivity index (χ0v) is 16.1. The van der Waals surface area contributed by atoms with Crippen LogP contribution in [0.1, 0.15) is 12.0 Å². The van der Waals surface area contributed by atoms with Crippen molar-refractivity contribution in [1.82, 2.24) is 15.1 Å². The van der Waals surface area contributed by atoms with Crippen LogP contribution in [-0.4, -0.2) is 36.1 Å². The number of hydrogen-bond donors (Lipinski definition) is 1. The Morgan fingerprint density at radius 1 is 1.07 bits per heavy atom. The highest BCUT2D eigenvalue weighted by Gasteiger charge is 2.15. The lowest BCUT2D eigenvalue weighted by atomic mass is 10.1. The summed E-state index contributed by atoms with van der Waals surface area (Å²) >= 11 is 0. The molecule has 1 aliphatic heterocycles.